The molecule has 0 bridgehead atoms. The van der Waals surface area contributed by atoms with Crippen LogP contribution in [-0.4, -0.2) is 12.5 Å². The highest BCUT2D eigenvalue weighted by atomic mass is 16.5. The molecular weight excluding hydrogens is 390 g/mol. The minimum atomic E-state index is -0.224. The smallest absolute Gasteiger partial charge is 0.258 e. The van der Waals surface area contributed by atoms with Crippen molar-refractivity contribution in [2.24, 2.45) is 0 Å². The van der Waals surface area contributed by atoms with E-state index in [0.717, 1.165) is 11.1 Å². The number of ether oxygens (including phenoxy) is 1. The molecule has 3 aromatic carbocycles. The lowest BCUT2D eigenvalue weighted by Crippen LogP contribution is -2.28. The fourth-order valence-electron chi connectivity index (χ4n) is 3.42. The summed E-state index contributed by atoms with van der Waals surface area (Å²) in [6, 6.07) is 22.4. The first-order valence-electron chi connectivity index (χ1n) is 10.1. The van der Waals surface area contributed by atoms with Crippen LogP contribution < -0.4 is 15.5 Å². The number of hydrogen-bond donors (Lipinski definition) is 1. The molecule has 1 aromatic heterocycles. The van der Waals surface area contributed by atoms with Crippen LogP contribution in [0.4, 0.5) is 0 Å². The Bertz CT molecular complexity index is 1270. The van der Waals surface area contributed by atoms with Crippen molar-refractivity contribution in [3.8, 4) is 16.9 Å². The zero-order valence-electron chi connectivity index (χ0n) is 17.5. The van der Waals surface area contributed by atoms with Crippen LogP contribution in [0.15, 0.2) is 82.0 Å². The first-order chi connectivity index (χ1) is 15.0. The Labute approximate surface area is 180 Å². The van der Waals surface area contributed by atoms with E-state index in [2.05, 4.69) is 5.32 Å². The van der Waals surface area contributed by atoms with E-state index in [1.807, 2.05) is 61.5 Å². The van der Waals surface area contributed by atoms with Gasteiger partial charge in [0.15, 0.2) is 6.61 Å². The van der Waals surface area contributed by atoms with Gasteiger partial charge in [0.25, 0.3) is 5.91 Å². The second-order valence-corrected chi connectivity index (χ2v) is 7.44. The monoisotopic (exact) mass is 413 g/mol. The van der Waals surface area contributed by atoms with E-state index in [1.165, 1.54) is 5.56 Å². The van der Waals surface area contributed by atoms with Crippen molar-refractivity contribution in [1.29, 1.82) is 0 Å². The van der Waals surface area contributed by atoms with Crippen LogP contribution in [0.3, 0.4) is 0 Å². The van der Waals surface area contributed by atoms with E-state index in [4.69, 9.17) is 9.15 Å². The Kier molecular flexibility index (Phi) is 5.85. The number of amides is 1. The first kappa shape index (κ1) is 20.4. The fourth-order valence-corrected chi connectivity index (χ4v) is 3.42. The van der Waals surface area contributed by atoms with Crippen molar-refractivity contribution in [2.75, 3.05) is 6.61 Å². The number of fused-ring (bicyclic) bond motifs is 1. The van der Waals surface area contributed by atoms with Crippen LogP contribution in [0, 0.1) is 13.8 Å². The second kappa shape index (κ2) is 8.88. The lowest BCUT2D eigenvalue weighted by atomic mass is 10.0. The van der Waals surface area contributed by atoms with Gasteiger partial charge in [-0.05, 0) is 37.1 Å². The zero-order valence-corrected chi connectivity index (χ0v) is 17.5. The molecule has 4 aromatic rings. The number of rotatable bonds is 6. The molecule has 5 heteroatoms. The Hall–Kier alpha value is -3.86. The third kappa shape index (κ3) is 4.67. The van der Waals surface area contributed by atoms with Crippen molar-refractivity contribution < 1.29 is 13.9 Å². The molecule has 0 unspecified atom stereocenters. The van der Waals surface area contributed by atoms with Crippen molar-refractivity contribution in [1.82, 2.24) is 5.32 Å². The van der Waals surface area contributed by atoms with Crippen molar-refractivity contribution in [3.05, 3.63) is 99.9 Å². The molecule has 5 nitrogen and oxygen atoms in total. The van der Waals surface area contributed by atoms with Gasteiger partial charge in [-0.15, -0.1) is 0 Å². The summed E-state index contributed by atoms with van der Waals surface area (Å²) in [5.41, 5.74) is 3.91. The molecule has 0 spiro atoms. The molecule has 0 aliphatic heterocycles. The molecule has 0 fully saturated rings. The van der Waals surface area contributed by atoms with Crippen LogP contribution in [0.25, 0.3) is 22.1 Å². The lowest BCUT2D eigenvalue weighted by molar-refractivity contribution is -0.123. The van der Waals surface area contributed by atoms with Crippen LogP contribution in [-0.2, 0) is 11.3 Å². The number of carbonyl (C=O) groups is 1. The molecule has 0 aliphatic rings. The highest BCUT2D eigenvalue weighted by Gasteiger charge is 2.14. The first-order valence-corrected chi connectivity index (χ1v) is 10.1. The molecule has 0 radical (unpaired) electrons. The van der Waals surface area contributed by atoms with Gasteiger partial charge in [0.05, 0.1) is 10.9 Å². The molecule has 1 amide bonds. The van der Waals surface area contributed by atoms with Gasteiger partial charge in [0.1, 0.15) is 17.1 Å². The number of hydrogen-bond acceptors (Lipinski definition) is 4. The summed E-state index contributed by atoms with van der Waals surface area (Å²) < 4.78 is 11.5. The summed E-state index contributed by atoms with van der Waals surface area (Å²) in [6.45, 7) is 4.11. The second-order valence-electron chi connectivity index (χ2n) is 7.44. The van der Waals surface area contributed by atoms with Crippen LogP contribution in [0.1, 0.15) is 16.9 Å². The molecule has 1 heterocycles. The van der Waals surface area contributed by atoms with Crippen molar-refractivity contribution in [2.45, 2.75) is 20.4 Å². The fraction of sp³-hybridized carbons (Fsp3) is 0.154. The van der Waals surface area contributed by atoms with Gasteiger partial charge in [0, 0.05) is 12.6 Å². The summed E-state index contributed by atoms with van der Waals surface area (Å²) in [6.07, 6.45) is 0. The van der Waals surface area contributed by atoms with Crippen molar-refractivity contribution in [3.63, 3.8) is 0 Å². The highest BCUT2D eigenvalue weighted by Crippen LogP contribution is 2.26. The van der Waals surface area contributed by atoms with E-state index in [-0.39, 0.29) is 17.9 Å². The molecule has 31 heavy (non-hydrogen) atoms. The van der Waals surface area contributed by atoms with Gasteiger partial charge in [-0.1, -0.05) is 60.2 Å². The summed E-state index contributed by atoms with van der Waals surface area (Å²) in [4.78, 5) is 25.1. The third-order valence-corrected chi connectivity index (χ3v) is 5.08. The Morgan fingerprint density at radius 3 is 2.45 bits per heavy atom. The van der Waals surface area contributed by atoms with E-state index in [9.17, 15) is 9.59 Å². The van der Waals surface area contributed by atoms with E-state index in [0.29, 0.717) is 34.6 Å². The van der Waals surface area contributed by atoms with Gasteiger partial charge >= 0.3 is 0 Å². The molecule has 0 saturated carbocycles. The predicted octanol–water partition coefficient (Wildman–Crippen LogP) is 4.77. The van der Waals surface area contributed by atoms with E-state index >= 15 is 0 Å². The van der Waals surface area contributed by atoms with E-state index in [1.54, 1.807) is 25.1 Å². The maximum atomic E-state index is 13.0. The largest absolute Gasteiger partial charge is 0.484 e. The van der Waals surface area contributed by atoms with Gasteiger partial charge < -0.3 is 14.5 Å². The Morgan fingerprint density at radius 2 is 1.71 bits per heavy atom. The SMILES string of the molecule is Cc1ccc(CNC(=O)COc2ccc3c(=O)c(-c4ccccc4)c(C)oc3c2)cc1. The highest BCUT2D eigenvalue weighted by molar-refractivity contribution is 5.84. The Balaban J connectivity index is 1.46. The molecule has 156 valence electrons. The van der Waals surface area contributed by atoms with Gasteiger partial charge in [-0.2, -0.15) is 0 Å². The predicted molar refractivity (Wildman–Crippen MR) is 121 cm³/mol. The third-order valence-electron chi connectivity index (χ3n) is 5.08. The maximum absolute atomic E-state index is 13.0. The van der Waals surface area contributed by atoms with Crippen molar-refractivity contribution >= 4 is 16.9 Å². The lowest BCUT2D eigenvalue weighted by Gasteiger charge is -2.10. The molecule has 4 rings (SSSR count). The van der Waals surface area contributed by atoms with Gasteiger partial charge in [-0.25, -0.2) is 0 Å². The number of benzene rings is 3. The van der Waals surface area contributed by atoms with Crippen LogP contribution >= 0.6 is 0 Å². The summed E-state index contributed by atoms with van der Waals surface area (Å²) in [7, 11) is 0. The van der Waals surface area contributed by atoms with Crippen LogP contribution in [0.2, 0.25) is 0 Å². The summed E-state index contributed by atoms with van der Waals surface area (Å²) in [5.74, 6) is 0.780. The average Bonchev–Trinajstić information content (AvgIpc) is 2.78. The van der Waals surface area contributed by atoms with Gasteiger partial charge in [0.2, 0.25) is 5.43 Å². The molecule has 0 saturated heterocycles. The molecule has 0 aliphatic carbocycles. The molecular formula is C26H23NO4. The number of aryl methyl sites for hydroxylation is 2. The summed E-state index contributed by atoms with van der Waals surface area (Å²) >= 11 is 0. The standard InChI is InChI=1S/C26H23NO4/c1-17-8-10-19(11-9-17)15-27-24(28)16-30-21-12-13-22-23(14-21)31-18(2)25(26(22)29)20-6-4-3-5-7-20/h3-14H,15-16H2,1-2H3,(H,27,28). The molecule has 0 atom stereocenters. The van der Waals surface area contributed by atoms with E-state index < -0.39 is 0 Å². The molecule has 1 N–H and O–H groups in total. The maximum Gasteiger partial charge on any atom is 0.258 e. The average molecular weight is 413 g/mol. The minimum Gasteiger partial charge on any atom is -0.484 e. The van der Waals surface area contributed by atoms with Gasteiger partial charge in [-0.3, -0.25) is 9.59 Å². The topological polar surface area (TPSA) is 68.5 Å². The normalized spacial score (nSPS) is 10.8. The van der Waals surface area contributed by atoms with Crippen LogP contribution in [0.5, 0.6) is 5.75 Å². The quantitative estimate of drug-likeness (QED) is 0.494. The zero-order chi connectivity index (χ0) is 21.8. The number of carbonyl (C=O) groups excluding carboxylic acids is 1. The summed E-state index contributed by atoms with van der Waals surface area (Å²) in [5, 5.41) is 3.31. The number of nitrogens with one attached hydrogen (secondary N) is 1. The minimum absolute atomic E-state index is 0.0904. The Morgan fingerprint density at radius 1 is 0.968 bits per heavy atom.